The molecular weight excluding hydrogens is 444 g/mol. The van der Waals surface area contributed by atoms with Crippen molar-refractivity contribution in [2.75, 3.05) is 26.2 Å². The van der Waals surface area contributed by atoms with Crippen LogP contribution >= 0.6 is 0 Å². The lowest BCUT2D eigenvalue weighted by molar-refractivity contribution is 0.0984. The van der Waals surface area contributed by atoms with Gasteiger partial charge in [0, 0.05) is 22.3 Å². The molecular formula is C28H28N2O5. The van der Waals surface area contributed by atoms with Crippen LogP contribution in [0.25, 0.3) is 10.9 Å². The van der Waals surface area contributed by atoms with Crippen LogP contribution in [0, 0.1) is 13.8 Å². The summed E-state index contributed by atoms with van der Waals surface area (Å²) in [5, 5.41) is 0.906. The number of methoxy groups -OCH3 is 3. The number of pyridine rings is 1. The maximum atomic E-state index is 13.9. The van der Waals surface area contributed by atoms with Gasteiger partial charge in [0.2, 0.25) is 5.75 Å². The van der Waals surface area contributed by atoms with Crippen LogP contribution in [0.1, 0.15) is 27.0 Å². The highest BCUT2D eigenvalue weighted by Crippen LogP contribution is 2.39. The van der Waals surface area contributed by atoms with Crippen LogP contribution in [-0.4, -0.2) is 32.2 Å². The number of H-pyrrole nitrogens is 1. The molecule has 0 bridgehead atoms. The fraction of sp³-hybridized carbons (Fsp3) is 0.214. The topological polar surface area (TPSA) is 80.9 Å². The minimum Gasteiger partial charge on any atom is -0.493 e. The Labute approximate surface area is 203 Å². The summed E-state index contributed by atoms with van der Waals surface area (Å²) in [5.74, 6) is 0.836. The molecule has 0 aliphatic carbocycles. The van der Waals surface area contributed by atoms with Gasteiger partial charge in [-0.15, -0.1) is 0 Å². The Morgan fingerprint density at radius 1 is 0.829 bits per heavy atom. The number of anilines is 1. The Kier molecular flexibility index (Phi) is 6.78. The summed E-state index contributed by atoms with van der Waals surface area (Å²) in [6.07, 6.45) is 0. The first-order valence-electron chi connectivity index (χ1n) is 11.2. The van der Waals surface area contributed by atoms with E-state index in [-0.39, 0.29) is 18.0 Å². The summed E-state index contributed by atoms with van der Waals surface area (Å²) in [6, 6.07) is 18.5. The zero-order valence-corrected chi connectivity index (χ0v) is 20.5. The van der Waals surface area contributed by atoms with E-state index in [1.807, 2.05) is 62.4 Å². The summed E-state index contributed by atoms with van der Waals surface area (Å²) < 4.78 is 16.3. The number of hydrogen-bond acceptors (Lipinski definition) is 5. The maximum absolute atomic E-state index is 13.9. The number of carbonyl (C=O) groups is 1. The van der Waals surface area contributed by atoms with Gasteiger partial charge in [0.05, 0.1) is 27.9 Å². The van der Waals surface area contributed by atoms with Gasteiger partial charge in [-0.1, -0.05) is 29.3 Å². The molecule has 0 saturated carbocycles. The van der Waals surface area contributed by atoms with Crippen LogP contribution in [-0.2, 0) is 6.54 Å². The number of aryl methyl sites for hydroxylation is 2. The van der Waals surface area contributed by atoms with Gasteiger partial charge >= 0.3 is 0 Å². The molecule has 3 aromatic carbocycles. The predicted octanol–water partition coefficient (Wildman–Crippen LogP) is 5.02. The first-order valence-corrected chi connectivity index (χ1v) is 11.2. The van der Waals surface area contributed by atoms with Crippen molar-refractivity contribution in [1.82, 2.24) is 4.98 Å². The van der Waals surface area contributed by atoms with Gasteiger partial charge in [0.15, 0.2) is 11.5 Å². The van der Waals surface area contributed by atoms with Crippen molar-refractivity contribution < 1.29 is 19.0 Å². The normalized spacial score (nSPS) is 10.8. The fourth-order valence-corrected chi connectivity index (χ4v) is 4.02. The molecule has 1 aromatic heterocycles. The van der Waals surface area contributed by atoms with Gasteiger partial charge in [-0.3, -0.25) is 9.59 Å². The number of hydrogen-bond donors (Lipinski definition) is 1. The minimum absolute atomic E-state index is 0.0811. The lowest BCUT2D eigenvalue weighted by Crippen LogP contribution is -2.33. The number of ether oxygens (including phenoxy) is 3. The zero-order valence-electron chi connectivity index (χ0n) is 20.5. The van der Waals surface area contributed by atoms with Gasteiger partial charge in [0.1, 0.15) is 0 Å². The van der Waals surface area contributed by atoms with Crippen molar-refractivity contribution >= 4 is 22.5 Å². The van der Waals surface area contributed by atoms with E-state index in [1.165, 1.54) is 21.3 Å². The molecule has 0 saturated heterocycles. The molecule has 180 valence electrons. The molecule has 1 amide bonds. The Hall–Kier alpha value is -4.26. The number of nitrogens with zero attached hydrogens (tertiary/aromatic N) is 1. The van der Waals surface area contributed by atoms with Crippen LogP contribution in [0.3, 0.4) is 0 Å². The van der Waals surface area contributed by atoms with E-state index >= 15 is 0 Å². The van der Waals surface area contributed by atoms with Gasteiger partial charge < -0.3 is 24.1 Å². The third-order valence-electron chi connectivity index (χ3n) is 5.91. The molecule has 4 rings (SSSR count). The number of amides is 1. The first-order chi connectivity index (χ1) is 16.8. The third kappa shape index (κ3) is 4.84. The molecule has 7 nitrogen and oxygen atoms in total. The summed E-state index contributed by atoms with van der Waals surface area (Å²) in [6.45, 7) is 4.06. The smallest absolute Gasteiger partial charge is 0.258 e. The van der Waals surface area contributed by atoms with E-state index in [0.717, 1.165) is 22.0 Å². The first kappa shape index (κ1) is 23.9. The second kappa shape index (κ2) is 9.93. The summed E-state index contributed by atoms with van der Waals surface area (Å²) in [5.41, 5.74) is 4.14. The second-order valence-electron chi connectivity index (χ2n) is 8.36. The SMILES string of the molecule is COc1cc(C(=O)N(Cc2cc3cc(C)ccc3[nH]c2=O)c2ccc(C)cc2)cc(OC)c1OC. The average molecular weight is 473 g/mol. The molecule has 0 fully saturated rings. The molecule has 4 aromatic rings. The van der Waals surface area contributed by atoms with Gasteiger partial charge in [0.25, 0.3) is 11.5 Å². The third-order valence-corrected chi connectivity index (χ3v) is 5.91. The van der Waals surface area contributed by atoms with Crippen LogP contribution in [0.5, 0.6) is 17.2 Å². The molecule has 7 heteroatoms. The number of aromatic nitrogens is 1. The Balaban J connectivity index is 1.82. The monoisotopic (exact) mass is 472 g/mol. The van der Waals surface area contributed by atoms with Gasteiger partial charge in [-0.25, -0.2) is 0 Å². The highest BCUT2D eigenvalue weighted by atomic mass is 16.5. The lowest BCUT2D eigenvalue weighted by atomic mass is 10.1. The van der Waals surface area contributed by atoms with E-state index < -0.39 is 0 Å². The highest BCUT2D eigenvalue weighted by Gasteiger charge is 2.23. The maximum Gasteiger partial charge on any atom is 0.258 e. The number of rotatable bonds is 7. The summed E-state index contributed by atoms with van der Waals surface area (Å²) >= 11 is 0. The molecule has 1 N–H and O–H groups in total. The Morgan fingerprint density at radius 3 is 2.06 bits per heavy atom. The number of carbonyl (C=O) groups excluding carboxylic acids is 1. The van der Waals surface area contributed by atoms with Crippen molar-refractivity contribution in [1.29, 1.82) is 0 Å². The van der Waals surface area contributed by atoms with Crippen LogP contribution in [0.4, 0.5) is 5.69 Å². The van der Waals surface area contributed by atoms with Crippen molar-refractivity contribution in [3.05, 3.63) is 93.3 Å². The predicted molar refractivity (Wildman–Crippen MR) is 137 cm³/mol. The van der Waals surface area contributed by atoms with Crippen LogP contribution in [0.15, 0.2) is 65.5 Å². The number of aromatic amines is 1. The van der Waals surface area contributed by atoms with Crippen molar-refractivity contribution in [2.24, 2.45) is 0 Å². The number of fused-ring (bicyclic) bond motifs is 1. The van der Waals surface area contributed by atoms with Crippen molar-refractivity contribution in [3.63, 3.8) is 0 Å². The Bertz CT molecular complexity index is 1420. The second-order valence-corrected chi connectivity index (χ2v) is 8.36. The zero-order chi connectivity index (χ0) is 25.1. The molecule has 1 heterocycles. The van der Waals surface area contributed by atoms with Crippen molar-refractivity contribution in [3.8, 4) is 17.2 Å². The van der Waals surface area contributed by atoms with Crippen molar-refractivity contribution in [2.45, 2.75) is 20.4 Å². The lowest BCUT2D eigenvalue weighted by Gasteiger charge is -2.24. The molecule has 0 aliphatic heterocycles. The molecule has 0 aliphatic rings. The number of nitrogens with one attached hydrogen (secondary N) is 1. The summed E-state index contributed by atoms with van der Waals surface area (Å²) in [4.78, 5) is 31.3. The molecule has 0 atom stereocenters. The average Bonchev–Trinajstić information content (AvgIpc) is 2.86. The van der Waals surface area contributed by atoms with Gasteiger partial charge in [-0.05, 0) is 61.7 Å². The largest absolute Gasteiger partial charge is 0.493 e. The van der Waals surface area contributed by atoms with E-state index in [2.05, 4.69) is 4.98 Å². The van der Waals surface area contributed by atoms with Gasteiger partial charge in [-0.2, -0.15) is 0 Å². The molecule has 0 radical (unpaired) electrons. The fourth-order valence-electron chi connectivity index (χ4n) is 4.02. The summed E-state index contributed by atoms with van der Waals surface area (Å²) in [7, 11) is 4.51. The highest BCUT2D eigenvalue weighted by molar-refractivity contribution is 6.06. The number of benzene rings is 3. The van der Waals surface area contributed by atoms with E-state index in [9.17, 15) is 9.59 Å². The van der Waals surface area contributed by atoms with E-state index in [4.69, 9.17) is 14.2 Å². The quantitative estimate of drug-likeness (QED) is 0.409. The standard InChI is InChI=1S/C28H28N2O5/c1-17-6-9-22(10-7-17)30(16-21-13-19-12-18(2)8-11-23(19)29-27(21)31)28(32)20-14-24(33-3)26(35-5)25(15-20)34-4/h6-15H,16H2,1-5H3,(H,29,31). The van der Waals surface area contributed by atoms with Crippen LogP contribution in [0.2, 0.25) is 0 Å². The molecule has 0 unspecified atom stereocenters. The molecule has 35 heavy (non-hydrogen) atoms. The van der Waals surface area contributed by atoms with Crippen LogP contribution < -0.4 is 24.7 Å². The molecule has 0 spiro atoms. The van der Waals surface area contributed by atoms with E-state index in [0.29, 0.717) is 34.1 Å². The minimum atomic E-state index is -0.308. The van der Waals surface area contributed by atoms with E-state index in [1.54, 1.807) is 17.0 Å². The Morgan fingerprint density at radius 2 is 1.46 bits per heavy atom.